The highest BCUT2D eigenvalue weighted by molar-refractivity contribution is 6.17. The second-order valence-corrected chi connectivity index (χ2v) is 4.37. The van der Waals surface area contributed by atoms with Crippen molar-refractivity contribution >= 4 is 11.6 Å². The predicted molar refractivity (Wildman–Crippen MR) is 62.9 cm³/mol. The van der Waals surface area contributed by atoms with Gasteiger partial charge in [0.1, 0.15) is 6.07 Å². The zero-order chi connectivity index (χ0) is 10.5. The molecule has 1 aromatic carbocycles. The number of alkyl halides is 1. The molecule has 0 heterocycles. The lowest BCUT2D eigenvalue weighted by atomic mass is 9.94. The first-order valence-electron chi connectivity index (χ1n) is 5.64. The monoisotopic (exact) mass is 224 g/mol. The van der Waals surface area contributed by atoms with Crippen LogP contribution in [0.3, 0.4) is 0 Å². The smallest absolute Gasteiger partial charge is 0.121 e. The second kappa shape index (κ2) is 5.53. The highest BCUT2D eigenvalue weighted by Crippen LogP contribution is 2.38. The zero-order valence-electron chi connectivity index (χ0n) is 8.86. The Balaban J connectivity index is 2.11. The number of hydrogen-bond acceptors (Lipinski definition) is 1. The second-order valence-electron chi connectivity index (χ2n) is 4.15. The Morgan fingerprint density at radius 3 is 2.47 bits per heavy atom. The van der Waals surface area contributed by atoms with Gasteiger partial charge in [-0.3, -0.25) is 0 Å². The summed E-state index contributed by atoms with van der Waals surface area (Å²) in [6.45, 7) is 0. The Hall–Kier alpha value is -0.530. The largest absolute Gasteiger partial charge is 0.358 e. The van der Waals surface area contributed by atoms with Gasteiger partial charge in [-0.1, -0.05) is 54.8 Å². The van der Waals surface area contributed by atoms with Crippen molar-refractivity contribution in [1.82, 2.24) is 0 Å². The van der Waals surface area contributed by atoms with Crippen molar-refractivity contribution in [2.75, 3.05) is 6.07 Å². The van der Waals surface area contributed by atoms with Crippen molar-refractivity contribution in [2.24, 2.45) is 5.92 Å². The molecule has 1 atom stereocenters. The highest BCUT2D eigenvalue weighted by atomic mass is 35.5. The molecule has 1 aliphatic rings. The lowest BCUT2D eigenvalue weighted by molar-refractivity contribution is 0.0406. The van der Waals surface area contributed by atoms with Gasteiger partial charge in [0.05, 0.1) is 6.10 Å². The minimum atomic E-state index is 0.200. The van der Waals surface area contributed by atoms with Crippen LogP contribution in [-0.2, 0) is 4.74 Å². The molecular formula is C13H17ClO. The third kappa shape index (κ3) is 2.73. The van der Waals surface area contributed by atoms with Gasteiger partial charge in [0.2, 0.25) is 0 Å². The van der Waals surface area contributed by atoms with E-state index in [1.54, 1.807) is 0 Å². The third-order valence-corrected chi connectivity index (χ3v) is 3.32. The molecule has 82 valence electrons. The van der Waals surface area contributed by atoms with E-state index in [0.717, 1.165) is 0 Å². The number of rotatable bonds is 4. The average molecular weight is 225 g/mol. The van der Waals surface area contributed by atoms with Crippen molar-refractivity contribution in [3.63, 3.8) is 0 Å². The van der Waals surface area contributed by atoms with Crippen LogP contribution in [0.1, 0.15) is 37.4 Å². The minimum absolute atomic E-state index is 0.200. The van der Waals surface area contributed by atoms with E-state index in [9.17, 15) is 0 Å². The van der Waals surface area contributed by atoms with E-state index in [2.05, 4.69) is 24.3 Å². The molecule has 0 amide bonds. The minimum Gasteiger partial charge on any atom is -0.358 e. The summed E-state index contributed by atoms with van der Waals surface area (Å²) >= 11 is 5.70. The van der Waals surface area contributed by atoms with Crippen LogP contribution in [0.15, 0.2) is 30.3 Å². The third-order valence-electron chi connectivity index (χ3n) is 3.20. The van der Waals surface area contributed by atoms with E-state index in [1.807, 2.05) is 6.07 Å². The maximum absolute atomic E-state index is 5.70. The van der Waals surface area contributed by atoms with E-state index in [1.165, 1.54) is 31.2 Å². The molecule has 1 fully saturated rings. The van der Waals surface area contributed by atoms with Gasteiger partial charge < -0.3 is 4.74 Å². The van der Waals surface area contributed by atoms with Crippen LogP contribution in [0.2, 0.25) is 0 Å². The first kappa shape index (κ1) is 11.0. The number of benzene rings is 1. The highest BCUT2D eigenvalue weighted by Gasteiger charge is 2.26. The number of hydrogen-bond donors (Lipinski definition) is 0. The summed E-state index contributed by atoms with van der Waals surface area (Å²) in [4.78, 5) is 0. The quantitative estimate of drug-likeness (QED) is 0.699. The first-order valence-corrected chi connectivity index (χ1v) is 6.18. The van der Waals surface area contributed by atoms with Crippen molar-refractivity contribution in [2.45, 2.75) is 31.8 Å². The standard InChI is InChI=1S/C13H17ClO/c14-10-15-13(12-8-4-5-9-12)11-6-2-1-3-7-11/h1-3,6-7,12-13H,4-5,8-10H2/t13-/m0/s1. The summed E-state index contributed by atoms with van der Waals surface area (Å²) in [6, 6.07) is 10.7. The lowest BCUT2D eigenvalue weighted by Gasteiger charge is -2.23. The summed E-state index contributed by atoms with van der Waals surface area (Å²) < 4.78 is 5.68. The Morgan fingerprint density at radius 2 is 1.87 bits per heavy atom. The van der Waals surface area contributed by atoms with E-state index in [0.29, 0.717) is 5.92 Å². The van der Waals surface area contributed by atoms with Crippen LogP contribution in [0.5, 0.6) is 0 Å². The molecule has 1 aromatic rings. The van der Waals surface area contributed by atoms with Gasteiger partial charge >= 0.3 is 0 Å². The van der Waals surface area contributed by atoms with Gasteiger partial charge in [-0.05, 0) is 24.3 Å². The SMILES string of the molecule is ClCO[C@@H](c1ccccc1)C1CCCC1. The summed E-state index contributed by atoms with van der Waals surface area (Å²) in [7, 11) is 0. The summed E-state index contributed by atoms with van der Waals surface area (Å²) in [6.07, 6.45) is 5.41. The Morgan fingerprint density at radius 1 is 1.20 bits per heavy atom. The van der Waals surface area contributed by atoms with Crippen molar-refractivity contribution in [3.8, 4) is 0 Å². The molecule has 0 spiro atoms. The maximum Gasteiger partial charge on any atom is 0.121 e. The fourth-order valence-electron chi connectivity index (χ4n) is 2.48. The van der Waals surface area contributed by atoms with Gasteiger partial charge in [0.25, 0.3) is 0 Å². The zero-order valence-corrected chi connectivity index (χ0v) is 9.62. The maximum atomic E-state index is 5.70. The van der Waals surface area contributed by atoms with Gasteiger partial charge in [-0.15, -0.1) is 0 Å². The molecule has 1 saturated carbocycles. The summed E-state index contributed by atoms with van der Waals surface area (Å²) in [5, 5.41) is 0. The van der Waals surface area contributed by atoms with E-state index in [4.69, 9.17) is 16.3 Å². The van der Waals surface area contributed by atoms with Gasteiger partial charge in [0, 0.05) is 0 Å². The fraction of sp³-hybridized carbons (Fsp3) is 0.538. The predicted octanol–water partition coefficient (Wildman–Crippen LogP) is 4.13. The summed E-state index contributed by atoms with van der Waals surface area (Å²) in [5.41, 5.74) is 1.27. The lowest BCUT2D eigenvalue weighted by Crippen LogP contribution is -2.13. The van der Waals surface area contributed by atoms with Gasteiger partial charge in [0.15, 0.2) is 0 Å². The Labute approximate surface area is 96.4 Å². The molecule has 0 radical (unpaired) electrons. The van der Waals surface area contributed by atoms with Gasteiger partial charge in [-0.2, -0.15) is 0 Å². The van der Waals surface area contributed by atoms with Crippen LogP contribution in [0.4, 0.5) is 0 Å². The number of ether oxygens (including phenoxy) is 1. The van der Waals surface area contributed by atoms with E-state index in [-0.39, 0.29) is 12.2 Å². The Bertz CT molecular complexity index is 280. The topological polar surface area (TPSA) is 9.23 Å². The Kier molecular flexibility index (Phi) is 4.04. The van der Waals surface area contributed by atoms with Gasteiger partial charge in [-0.25, -0.2) is 0 Å². The van der Waals surface area contributed by atoms with Crippen LogP contribution >= 0.6 is 11.6 Å². The molecular weight excluding hydrogens is 208 g/mol. The molecule has 1 aliphatic carbocycles. The van der Waals surface area contributed by atoms with E-state index >= 15 is 0 Å². The molecule has 0 saturated heterocycles. The molecule has 0 N–H and O–H groups in total. The van der Waals surface area contributed by atoms with Crippen LogP contribution in [-0.4, -0.2) is 6.07 Å². The molecule has 0 bridgehead atoms. The molecule has 0 unspecified atom stereocenters. The van der Waals surface area contributed by atoms with Crippen molar-refractivity contribution in [3.05, 3.63) is 35.9 Å². The fourth-order valence-corrected chi connectivity index (χ4v) is 2.61. The molecule has 0 aliphatic heterocycles. The van der Waals surface area contributed by atoms with Crippen molar-refractivity contribution in [1.29, 1.82) is 0 Å². The number of halogens is 1. The van der Waals surface area contributed by atoms with E-state index < -0.39 is 0 Å². The molecule has 0 aromatic heterocycles. The normalized spacial score (nSPS) is 19.3. The van der Waals surface area contributed by atoms with Crippen LogP contribution in [0.25, 0.3) is 0 Å². The van der Waals surface area contributed by atoms with Crippen LogP contribution < -0.4 is 0 Å². The molecule has 2 rings (SSSR count). The molecule has 1 nitrogen and oxygen atoms in total. The first-order chi connectivity index (χ1) is 7.42. The van der Waals surface area contributed by atoms with Crippen LogP contribution in [0, 0.1) is 5.92 Å². The summed E-state index contributed by atoms with van der Waals surface area (Å²) in [5.74, 6) is 0.658. The van der Waals surface area contributed by atoms with Crippen molar-refractivity contribution < 1.29 is 4.74 Å². The average Bonchev–Trinajstić information content (AvgIpc) is 2.80. The molecule has 15 heavy (non-hydrogen) atoms. The molecule has 2 heteroatoms.